The van der Waals surface area contributed by atoms with Gasteiger partial charge in [-0.2, -0.15) is 5.10 Å². The van der Waals surface area contributed by atoms with Gasteiger partial charge in [-0.05, 0) is 38.2 Å². The molecular formula is C13H21N5O. The van der Waals surface area contributed by atoms with E-state index in [-0.39, 0.29) is 5.84 Å². The number of oxime groups is 1. The largest absolute Gasteiger partial charge is 0.409 e. The van der Waals surface area contributed by atoms with Crippen molar-refractivity contribution in [1.82, 2.24) is 10.2 Å². The molecule has 2 rings (SSSR count). The second kappa shape index (κ2) is 5.42. The first-order valence-electron chi connectivity index (χ1n) is 6.57. The first kappa shape index (κ1) is 13.6. The maximum Gasteiger partial charge on any atom is 0.174 e. The number of nitrogens with two attached hydrogens (primary N) is 1. The van der Waals surface area contributed by atoms with Gasteiger partial charge in [0.15, 0.2) is 11.7 Å². The summed E-state index contributed by atoms with van der Waals surface area (Å²) in [6, 6.07) is 0. The Labute approximate surface area is 113 Å². The van der Waals surface area contributed by atoms with E-state index in [1.54, 1.807) is 0 Å². The summed E-state index contributed by atoms with van der Waals surface area (Å²) in [6.45, 7) is 4.72. The van der Waals surface area contributed by atoms with Crippen molar-refractivity contribution in [1.29, 1.82) is 0 Å². The molecule has 1 fully saturated rings. The average Bonchev–Trinajstić information content (AvgIpc) is 2.35. The highest BCUT2D eigenvalue weighted by atomic mass is 16.4. The van der Waals surface area contributed by atoms with Gasteiger partial charge in [-0.25, -0.2) is 0 Å². The van der Waals surface area contributed by atoms with E-state index in [9.17, 15) is 0 Å². The molecule has 0 aromatic carbocycles. The molecule has 6 heteroatoms. The molecule has 1 aliphatic carbocycles. The normalized spacial score (nSPS) is 16.3. The third kappa shape index (κ3) is 2.62. The lowest BCUT2D eigenvalue weighted by Crippen LogP contribution is -2.32. The van der Waals surface area contributed by atoms with Gasteiger partial charge in [0.1, 0.15) is 0 Å². The molecule has 3 N–H and O–H groups in total. The zero-order valence-electron chi connectivity index (χ0n) is 11.7. The van der Waals surface area contributed by atoms with Crippen LogP contribution >= 0.6 is 0 Å². The molecule has 0 aliphatic heterocycles. The molecular weight excluding hydrogens is 242 g/mol. The number of hydrogen-bond acceptors (Lipinski definition) is 5. The highest BCUT2D eigenvalue weighted by Gasteiger charge is 2.23. The Morgan fingerprint density at radius 2 is 2.11 bits per heavy atom. The maximum atomic E-state index is 8.95. The summed E-state index contributed by atoms with van der Waals surface area (Å²) in [6.07, 6.45) is 3.84. The van der Waals surface area contributed by atoms with Gasteiger partial charge in [0.2, 0.25) is 0 Å². The number of hydrogen-bond donors (Lipinski definition) is 2. The summed E-state index contributed by atoms with van der Waals surface area (Å²) in [5.74, 6) is 1.49. The number of rotatable bonds is 4. The lowest BCUT2D eigenvalue weighted by atomic mass is 9.85. The molecule has 0 spiro atoms. The quantitative estimate of drug-likeness (QED) is 0.371. The molecule has 104 valence electrons. The Bertz CT molecular complexity index is 496. The molecule has 1 saturated carbocycles. The molecule has 6 nitrogen and oxygen atoms in total. The van der Waals surface area contributed by atoms with Crippen molar-refractivity contribution in [3.8, 4) is 0 Å². The fourth-order valence-corrected chi connectivity index (χ4v) is 2.37. The Kier molecular flexibility index (Phi) is 3.87. The molecule has 0 saturated heterocycles. The van der Waals surface area contributed by atoms with Gasteiger partial charge in [0.05, 0.1) is 11.3 Å². The smallest absolute Gasteiger partial charge is 0.174 e. The van der Waals surface area contributed by atoms with Crippen molar-refractivity contribution in [2.24, 2.45) is 16.8 Å². The average molecular weight is 263 g/mol. The minimum atomic E-state index is 0.0889. The summed E-state index contributed by atoms with van der Waals surface area (Å²) < 4.78 is 0. The molecule has 1 aromatic rings. The predicted octanol–water partition coefficient (Wildman–Crippen LogP) is 1.42. The molecule has 1 aliphatic rings. The van der Waals surface area contributed by atoms with Gasteiger partial charge >= 0.3 is 0 Å². The molecule has 0 radical (unpaired) electrons. The Morgan fingerprint density at radius 1 is 1.42 bits per heavy atom. The Hall–Kier alpha value is -1.85. The summed E-state index contributed by atoms with van der Waals surface area (Å²) in [5, 5.41) is 20.4. The Balaban J connectivity index is 2.35. The van der Waals surface area contributed by atoms with Crippen molar-refractivity contribution in [2.75, 3.05) is 18.5 Å². The van der Waals surface area contributed by atoms with Gasteiger partial charge in [-0.15, -0.1) is 5.10 Å². The van der Waals surface area contributed by atoms with Gasteiger partial charge in [0.25, 0.3) is 0 Å². The molecule has 0 unspecified atom stereocenters. The molecule has 0 bridgehead atoms. The third-order valence-electron chi connectivity index (χ3n) is 3.92. The maximum absolute atomic E-state index is 8.95. The SMILES string of the molecule is Cc1nnc(N(C)CC2CCC2)c(C(N)=NO)c1C. The van der Waals surface area contributed by atoms with Crippen LogP contribution in [0.2, 0.25) is 0 Å². The fourth-order valence-electron chi connectivity index (χ4n) is 2.37. The van der Waals surface area contributed by atoms with Crippen molar-refractivity contribution >= 4 is 11.7 Å². The van der Waals surface area contributed by atoms with Crippen LogP contribution in [-0.4, -0.2) is 34.8 Å². The summed E-state index contributed by atoms with van der Waals surface area (Å²) in [7, 11) is 1.98. The highest BCUT2D eigenvalue weighted by Crippen LogP contribution is 2.29. The number of aryl methyl sites for hydroxylation is 1. The van der Waals surface area contributed by atoms with Crippen molar-refractivity contribution < 1.29 is 5.21 Å². The zero-order chi connectivity index (χ0) is 14.0. The van der Waals surface area contributed by atoms with E-state index in [0.717, 1.165) is 17.8 Å². The number of amidine groups is 1. The Morgan fingerprint density at radius 3 is 2.63 bits per heavy atom. The van der Waals surface area contributed by atoms with Crippen LogP contribution in [0.25, 0.3) is 0 Å². The second-order valence-corrected chi connectivity index (χ2v) is 5.27. The van der Waals surface area contributed by atoms with Crippen molar-refractivity contribution in [3.05, 3.63) is 16.8 Å². The lowest BCUT2D eigenvalue weighted by Gasteiger charge is -2.31. The van der Waals surface area contributed by atoms with E-state index in [0.29, 0.717) is 17.3 Å². The highest BCUT2D eigenvalue weighted by molar-refractivity contribution is 6.02. The van der Waals surface area contributed by atoms with Crippen LogP contribution in [0.15, 0.2) is 5.16 Å². The van der Waals surface area contributed by atoms with Crippen LogP contribution < -0.4 is 10.6 Å². The summed E-state index contributed by atoms with van der Waals surface area (Å²) >= 11 is 0. The van der Waals surface area contributed by atoms with Crippen LogP contribution in [0, 0.1) is 19.8 Å². The fraction of sp³-hybridized carbons (Fsp3) is 0.615. The molecule has 1 heterocycles. The molecule has 1 aromatic heterocycles. The minimum Gasteiger partial charge on any atom is -0.409 e. The molecule has 19 heavy (non-hydrogen) atoms. The first-order valence-corrected chi connectivity index (χ1v) is 6.57. The van der Waals surface area contributed by atoms with E-state index >= 15 is 0 Å². The van der Waals surface area contributed by atoms with E-state index in [4.69, 9.17) is 10.9 Å². The van der Waals surface area contributed by atoms with Gasteiger partial charge in [-0.1, -0.05) is 11.6 Å². The van der Waals surface area contributed by atoms with Crippen molar-refractivity contribution in [2.45, 2.75) is 33.1 Å². The van der Waals surface area contributed by atoms with E-state index in [2.05, 4.69) is 20.3 Å². The second-order valence-electron chi connectivity index (χ2n) is 5.27. The number of nitrogens with zero attached hydrogens (tertiary/aromatic N) is 4. The molecule has 0 atom stereocenters. The minimum absolute atomic E-state index is 0.0889. The number of aromatic nitrogens is 2. The van der Waals surface area contributed by atoms with Gasteiger partial charge in [-0.3, -0.25) is 0 Å². The molecule has 0 amide bonds. The topological polar surface area (TPSA) is 87.6 Å². The third-order valence-corrected chi connectivity index (χ3v) is 3.92. The monoisotopic (exact) mass is 263 g/mol. The summed E-state index contributed by atoms with van der Waals surface area (Å²) in [4.78, 5) is 2.05. The first-order chi connectivity index (χ1) is 9.04. The van der Waals surface area contributed by atoms with Crippen LogP contribution in [0.5, 0.6) is 0 Å². The van der Waals surface area contributed by atoms with E-state index in [1.165, 1.54) is 19.3 Å². The van der Waals surface area contributed by atoms with E-state index < -0.39 is 0 Å². The zero-order valence-corrected chi connectivity index (χ0v) is 11.7. The van der Waals surface area contributed by atoms with Gasteiger partial charge < -0.3 is 15.8 Å². The predicted molar refractivity (Wildman–Crippen MR) is 74.6 cm³/mol. The van der Waals surface area contributed by atoms with Gasteiger partial charge in [0, 0.05) is 13.6 Å². The van der Waals surface area contributed by atoms with Crippen LogP contribution in [-0.2, 0) is 0 Å². The summed E-state index contributed by atoms with van der Waals surface area (Å²) in [5.41, 5.74) is 8.16. The van der Waals surface area contributed by atoms with Crippen LogP contribution in [0.4, 0.5) is 5.82 Å². The lowest BCUT2D eigenvalue weighted by molar-refractivity contribution is 0.318. The standard InChI is InChI=1S/C13H21N5O/c1-8-9(2)15-16-13(11(8)12(14)17-19)18(3)7-10-5-4-6-10/h10,19H,4-7H2,1-3H3,(H2,14,17). The van der Waals surface area contributed by atoms with E-state index in [1.807, 2.05) is 20.9 Å². The van der Waals surface area contributed by atoms with Crippen LogP contribution in [0.1, 0.15) is 36.1 Å². The van der Waals surface area contributed by atoms with Crippen molar-refractivity contribution in [3.63, 3.8) is 0 Å². The van der Waals surface area contributed by atoms with Crippen LogP contribution in [0.3, 0.4) is 0 Å². The number of anilines is 1.